The molecule has 2 amide bonds. The van der Waals surface area contributed by atoms with Gasteiger partial charge in [-0.05, 0) is 31.2 Å². The summed E-state index contributed by atoms with van der Waals surface area (Å²) in [4.78, 5) is 36.9. The van der Waals surface area contributed by atoms with Gasteiger partial charge in [0.1, 0.15) is 0 Å². The molecule has 1 aromatic carbocycles. The van der Waals surface area contributed by atoms with Gasteiger partial charge in [-0.25, -0.2) is 4.90 Å². The Morgan fingerprint density at radius 3 is 2.68 bits per heavy atom. The lowest BCUT2D eigenvalue weighted by Gasteiger charge is -2.19. The van der Waals surface area contributed by atoms with Crippen molar-refractivity contribution in [2.24, 2.45) is 23.7 Å². The smallest absolute Gasteiger partial charge is 0.271 e. The van der Waals surface area contributed by atoms with E-state index in [2.05, 4.69) is 6.08 Å². The van der Waals surface area contributed by atoms with Crippen LogP contribution in [0.5, 0.6) is 0 Å². The molecule has 1 saturated carbocycles. The molecule has 4 rings (SSSR count). The molecule has 0 radical (unpaired) electrons. The molecule has 1 aliphatic heterocycles. The summed E-state index contributed by atoms with van der Waals surface area (Å²) in [6, 6.07) is 5.72. The van der Waals surface area contributed by atoms with E-state index >= 15 is 0 Å². The van der Waals surface area contributed by atoms with Gasteiger partial charge in [-0.3, -0.25) is 19.7 Å². The Balaban J connectivity index is 1.74. The molecule has 1 aromatic rings. The quantitative estimate of drug-likeness (QED) is 0.363. The number of allylic oxidation sites excluding steroid dienone is 2. The highest BCUT2D eigenvalue weighted by Gasteiger charge is 2.60. The maximum absolute atomic E-state index is 12.7. The summed E-state index contributed by atoms with van der Waals surface area (Å²) in [7, 11) is 0. The molecular weight excluding hydrogens is 284 g/mol. The molecule has 1 saturated heterocycles. The van der Waals surface area contributed by atoms with Gasteiger partial charge in [0.2, 0.25) is 11.8 Å². The summed E-state index contributed by atoms with van der Waals surface area (Å²) in [6.07, 6.45) is 2.98. The van der Waals surface area contributed by atoms with E-state index in [1.54, 1.807) is 6.07 Å². The Hall–Kier alpha value is -2.50. The number of carbonyl (C=O) groups excluding carboxylic acids is 2. The molecule has 1 heterocycles. The maximum atomic E-state index is 12.7. The van der Waals surface area contributed by atoms with Crippen molar-refractivity contribution in [2.45, 2.75) is 13.3 Å². The van der Waals surface area contributed by atoms with Crippen LogP contribution in [0, 0.1) is 33.8 Å². The van der Waals surface area contributed by atoms with E-state index in [0.29, 0.717) is 5.69 Å². The van der Waals surface area contributed by atoms with Crippen molar-refractivity contribution in [3.05, 3.63) is 46.0 Å². The van der Waals surface area contributed by atoms with Gasteiger partial charge in [0, 0.05) is 12.1 Å². The first kappa shape index (κ1) is 13.2. The molecule has 3 aliphatic rings. The van der Waals surface area contributed by atoms with Crippen molar-refractivity contribution in [3.63, 3.8) is 0 Å². The molecule has 2 bridgehead atoms. The molecule has 2 aliphatic carbocycles. The number of nitro groups is 1. The Labute approximate surface area is 126 Å². The van der Waals surface area contributed by atoms with E-state index in [4.69, 9.17) is 0 Å². The Bertz CT molecular complexity index is 754. The highest BCUT2D eigenvalue weighted by atomic mass is 16.6. The predicted octanol–water partition coefficient (Wildman–Crippen LogP) is 2.30. The first-order valence-electron chi connectivity index (χ1n) is 7.29. The van der Waals surface area contributed by atoms with Crippen LogP contribution in [0.1, 0.15) is 13.3 Å². The Morgan fingerprint density at radius 2 is 1.95 bits per heavy atom. The normalized spacial score (nSPS) is 32.4. The van der Waals surface area contributed by atoms with Crippen molar-refractivity contribution in [1.82, 2.24) is 0 Å². The maximum Gasteiger partial charge on any atom is 0.271 e. The molecule has 0 spiro atoms. The van der Waals surface area contributed by atoms with E-state index in [-0.39, 0.29) is 41.2 Å². The summed E-state index contributed by atoms with van der Waals surface area (Å²) >= 11 is 0. The van der Waals surface area contributed by atoms with Crippen LogP contribution in [0.2, 0.25) is 0 Å². The standard InChI is InChI=1S/C16H14N2O4/c1-8-5-9-6-12(8)14-13(9)15(19)17(16(14)20)10-3-2-4-11(7-10)18(21)22/h2-5,7,9,12-14H,6H2,1H3/t9-,12+,13+,14-/m1/s1. The lowest BCUT2D eigenvalue weighted by atomic mass is 9.82. The van der Waals surface area contributed by atoms with Crippen LogP contribution in [-0.4, -0.2) is 16.7 Å². The molecule has 6 nitrogen and oxygen atoms in total. The van der Waals surface area contributed by atoms with E-state index in [0.717, 1.165) is 11.3 Å². The third-order valence-corrected chi connectivity index (χ3v) is 5.18. The van der Waals surface area contributed by atoms with Crippen molar-refractivity contribution in [2.75, 3.05) is 4.90 Å². The van der Waals surface area contributed by atoms with Crippen LogP contribution in [0.25, 0.3) is 0 Å². The summed E-state index contributed by atoms with van der Waals surface area (Å²) in [5.74, 6) is -0.727. The minimum absolute atomic E-state index is 0.118. The molecule has 112 valence electrons. The number of amides is 2. The van der Waals surface area contributed by atoms with Gasteiger partial charge >= 0.3 is 0 Å². The van der Waals surface area contributed by atoms with Gasteiger partial charge in [0.25, 0.3) is 5.69 Å². The lowest BCUT2D eigenvalue weighted by molar-refractivity contribution is -0.384. The monoisotopic (exact) mass is 298 g/mol. The first-order valence-corrected chi connectivity index (χ1v) is 7.29. The minimum atomic E-state index is -0.523. The van der Waals surface area contributed by atoms with Crippen molar-refractivity contribution in [3.8, 4) is 0 Å². The van der Waals surface area contributed by atoms with Gasteiger partial charge < -0.3 is 0 Å². The number of hydrogen-bond acceptors (Lipinski definition) is 4. The van der Waals surface area contributed by atoms with Gasteiger partial charge in [0.15, 0.2) is 0 Å². The zero-order chi connectivity index (χ0) is 15.6. The van der Waals surface area contributed by atoms with Crippen LogP contribution < -0.4 is 4.90 Å². The summed E-state index contributed by atoms with van der Waals surface area (Å²) < 4.78 is 0. The number of nitrogens with zero attached hydrogens (tertiary/aromatic N) is 2. The van der Waals surface area contributed by atoms with Gasteiger partial charge in [-0.1, -0.05) is 17.7 Å². The number of hydrogen-bond donors (Lipinski definition) is 0. The average Bonchev–Trinajstić information content (AvgIpc) is 3.10. The number of carbonyl (C=O) groups is 2. The fourth-order valence-electron chi connectivity index (χ4n) is 4.27. The number of anilines is 1. The minimum Gasteiger partial charge on any atom is -0.274 e. The lowest BCUT2D eigenvalue weighted by Crippen LogP contribution is -2.32. The van der Waals surface area contributed by atoms with E-state index < -0.39 is 4.92 Å². The molecule has 0 N–H and O–H groups in total. The van der Waals surface area contributed by atoms with E-state index in [9.17, 15) is 19.7 Å². The van der Waals surface area contributed by atoms with E-state index in [1.807, 2.05) is 6.92 Å². The van der Waals surface area contributed by atoms with Crippen LogP contribution in [0.3, 0.4) is 0 Å². The first-order chi connectivity index (χ1) is 10.5. The second-order valence-corrected chi connectivity index (χ2v) is 6.26. The molecular formula is C16H14N2O4. The molecule has 0 unspecified atom stereocenters. The van der Waals surface area contributed by atoms with Crippen molar-refractivity contribution in [1.29, 1.82) is 0 Å². The number of nitro benzene ring substituents is 1. The van der Waals surface area contributed by atoms with Crippen molar-refractivity contribution < 1.29 is 14.5 Å². The molecule has 6 heteroatoms. The van der Waals surface area contributed by atoms with E-state index in [1.165, 1.54) is 23.8 Å². The molecule has 2 fully saturated rings. The topological polar surface area (TPSA) is 80.5 Å². The Kier molecular flexibility index (Phi) is 2.55. The second-order valence-electron chi connectivity index (χ2n) is 6.26. The number of fused-ring (bicyclic) bond motifs is 5. The summed E-state index contributed by atoms with van der Waals surface area (Å²) in [5.41, 5.74) is 1.37. The number of imide groups is 1. The number of benzene rings is 1. The zero-order valence-corrected chi connectivity index (χ0v) is 11.9. The second kappa shape index (κ2) is 4.25. The largest absolute Gasteiger partial charge is 0.274 e. The third-order valence-electron chi connectivity index (χ3n) is 5.18. The average molecular weight is 298 g/mol. The predicted molar refractivity (Wildman–Crippen MR) is 77.9 cm³/mol. The zero-order valence-electron chi connectivity index (χ0n) is 11.9. The van der Waals surface area contributed by atoms with Gasteiger partial charge in [-0.2, -0.15) is 0 Å². The SMILES string of the molecule is CC1=C[C@@H]2C[C@@H]1[C@H]1C(=O)N(c3cccc([N+](=O)[O-])c3)C(=O)[C@H]12. The number of non-ortho nitro benzene ring substituents is 1. The third kappa shape index (κ3) is 1.55. The van der Waals surface area contributed by atoms with Crippen LogP contribution >= 0.6 is 0 Å². The number of rotatable bonds is 2. The van der Waals surface area contributed by atoms with Gasteiger partial charge in [0.05, 0.1) is 22.4 Å². The van der Waals surface area contributed by atoms with Gasteiger partial charge in [-0.15, -0.1) is 0 Å². The Morgan fingerprint density at radius 1 is 1.23 bits per heavy atom. The highest BCUT2D eigenvalue weighted by Crippen LogP contribution is 2.55. The van der Waals surface area contributed by atoms with Crippen LogP contribution in [-0.2, 0) is 9.59 Å². The summed E-state index contributed by atoms with van der Waals surface area (Å²) in [5, 5.41) is 10.9. The highest BCUT2D eigenvalue weighted by molar-refractivity contribution is 6.23. The molecule has 4 atom stereocenters. The summed E-state index contributed by atoms with van der Waals surface area (Å²) in [6.45, 7) is 2.01. The fourth-order valence-corrected chi connectivity index (χ4v) is 4.27. The molecule has 0 aromatic heterocycles. The van der Waals surface area contributed by atoms with Crippen LogP contribution in [0.4, 0.5) is 11.4 Å². The fraction of sp³-hybridized carbons (Fsp3) is 0.375. The van der Waals surface area contributed by atoms with Crippen molar-refractivity contribution >= 4 is 23.2 Å². The van der Waals surface area contributed by atoms with Crippen LogP contribution in [0.15, 0.2) is 35.9 Å². The molecule has 22 heavy (non-hydrogen) atoms.